The molecule has 1 rings (SSSR count). The van der Waals surface area contributed by atoms with Gasteiger partial charge in [0.2, 0.25) is 0 Å². The highest BCUT2D eigenvalue weighted by Crippen LogP contribution is 2.35. The zero-order valence-corrected chi connectivity index (χ0v) is 9.74. The highest BCUT2D eigenvalue weighted by molar-refractivity contribution is 5.61. The number of hydrogen-bond acceptors (Lipinski definition) is 3. The van der Waals surface area contributed by atoms with Crippen molar-refractivity contribution in [1.29, 1.82) is 0 Å². The molecule has 17 heavy (non-hydrogen) atoms. The van der Waals surface area contributed by atoms with Crippen molar-refractivity contribution in [3.05, 3.63) is 29.3 Å². The molecular formula is C12H15F2NO2. The summed E-state index contributed by atoms with van der Waals surface area (Å²) >= 11 is 0. The molecule has 0 bridgehead atoms. The molecule has 0 amide bonds. The van der Waals surface area contributed by atoms with E-state index in [4.69, 9.17) is 15.2 Å². The number of methoxy groups -OCH3 is 2. The molecule has 0 fully saturated rings. The second kappa shape index (κ2) is 6.20. The van der Waals surface area contributed by atoms with Crippen molar-refractivity contribution in [2.24, 2.45) is 5.73 Å². The van der Waals surface area contributed by atoms with Gasteiger partial charge in [0.25, 0.3) is 6.43 Å². The fourth-order valence-corrected chi connectivity index (χ4v) is 1.44. The monoisotopic (exact) mass is 243 g/mol. The summed E-state index contributed by atoms with van der Waals surface area (Å²) in [4.78, 5) is 0. The van der Waals surface area contributed by atoms with Crippen LogP contribution < -0.4 is 15.2 Å². The van der Waals surface area contributed by atoms with Crippen LogP contribution in [0.15, 0.2) is 18.2 Å². The van der Waals surface area contributed by atoms with E-state index in [1.54, 1.807) is 12.2 Å². The predicted octanol–water partition coefficient (Wildman–Crippen LogP) is 2.61. The van der Waals surface area contributed by atoms with Crippen LogP contribution in [0.5, 0.6) is 11.5 Å². The second-order valence-corrected chi connectivity index (χ2v) is 3.27. The molecule has 0 aliphatic carbocycles. The highest BCUT2D eigenvalue weighted by atomic mass is 19.3. The SMILES string of the molecule is COc1cc(OC)c(C(F)F)cc1/C=C/CN. The summed E-state index contributed by atoms with van der Waals surface area (Å²) in [5, 5.41) is 0. The molecule has 0 saturated carbocycles. The van der Waals surface area contributed by atoms with Crippen LogP contribution in [0.1, 0.15) is 17.6 Å². The standard InChI is InChI=1S/C12H15F2NO2/c1-16-10-7-11(17-2)9(12(13)14)6-8(10)4-3-5-15/h3-4,6-7,12H,5,15H2,1-2H3/b4-3+. The first-order chi connectivity index (χ1) is 8.13. The third-order valence-electron chi connectivity index (χ3n) is 2.25. The average molecular weight is 243 g/mol. The van der Waals surface area contributed by atoms with Crippen molar-refractivity contribution in [2.75, 3.05) is 20.8 Å². The molecule has 0 aliphatic rings. The van der Waals surface area contributed by atoms with E-state index < -0.39 is 6.43 Å². The lowest BCUT2D eigenvalue weighted by Gasteiger charge is -2.12. The van der Waals surface area contributed by atoms with E-state index in [9.17, 15) is 8.78 Å². The van der Waals surface area contributed by atoms with Crippen molar-refractivity contribution in [1.82, 2.24) is 0 Å². The Labute approximate surface area is 98.8 Å². The van der Waals surface area contributed by atoms with Gasteiger partial charge in [-0.3, -0.25) is 0 Å². The lowest BCUT2D eigenvalue weighted by molar-refractivity contribution is 0.147. The molecule has 5 heteroatoms. The molecule has 1 aromatic rings. The van der Waals surface area contributed by atoms with Crippen LogP contribution in [0.4, 0.5) is 8.78 Å². The van der Waals surface area contributed by atoms with E-state index in [1.165, 1.54) is 26.4 Å². The number of alkyl halides is 2. The minimum atomic E-state index is -2.60. The lowest BCUT2D eigenvalue weighted by atomic mass is 10.1. The Morgan fingerprint density at radius 2 is 1.88 bits per heavy atom. The first kappa shape index (κ1) is 13.4. The molecule has 0 radical (unpaired) electrons. The Morgan fingerprint density at radius 3 is 2.35 bits per heavy atom. The lowest BCUT2D eigenvalue weighted by Crippen LogP contribution is -1.97. The Hall–Kier alpha value is -1.62. The van der Waals surface area contributed by atoms with Crippen LogP contribution in [0.25, 0.3) is 6.08 Å². The maximum Gasteiger partial charge on any atom is 0.267 e. The highest BCUT2D eigenvalue weighted by Gasteiger charge is 2.17. The molecular weight excluding hydrogens is 228 g/mol. The average Bonchev–Trinajstić information content (AvgIpc) is 2.34. The van der Waals surface area contributed by atoms with Crippen LogP contribution in [-0.2, 0) is 0 Å². The normalized spacial score (nSPS) is 11.2. The van der Waals surface area contributed by atoms with Gasteiger partial charge in [0.05, 0.1) is 19.8 Å². The fraction of sp³-hybridized carbons (Fsp3) is 0.333. The molecule has 1 aromatic carbocycles. The number of hydrogen-bond donors (Lipinski definition) is 1. The Bertz CT molecular complexity index is 406. The summed E-state index contributed by atoms with van der Waals surface area (Å²) in [5.41, 5.74) is 5.71. The maximum absolute atomic E-state index is 12.8. The van der Waals surface area contributed by atoms with Crippen LogP contribution in [0, 0.1) is 0 Å². The van der Waals surface area contributed by atoms with Gasteiger partial charge in [0, 0.05) is 18.2 Å². The van der Waals surface area contributed by atoms with E-state index in [1.807, 2.05) is 0 Å². The van der Waals surface area contributed by atoms with Gasteiger partial charge < -0.3 is 15.2 Å². The number of benzene rings is 1. The van der Waals surface area contributed by atoms with Gasteiger partial charge in [0.1, 0.15) is 11.5 Å². The summed E-state index contributed by atoms with van der Waals surface area (Å²) in [6.07, 6.45) is 0.713. The van der Waals surface area contributed by atoms with Gasteiger partial charge >= 0.3 is 0 Å². The number of nitrogens with two attached hydrogens (primary N) is 1. The van der Waals surface area contributed by atoms with E-state index in [0.717, 1.165) is 0 Å². The smallest absolute Gasteiger partial charge is 0.267 e. The zero-order valence-electron chi connectivity index (χ0n) is 9.74. The fourth-order valence-electron chi connectivity index (χ4n) is 1.44. The van der Waals surface area contributed by atoms with E-state index in [-0.39, 0.29) is 11.3 Å². The molecule has 94 valence electrons. The van der Waals surface area contributed by atoms with Gasteiger partial charge in [-0.2, -0.15) is 0 Å². The number of rotatable bonds is 5. The van der Waals surface area contributed by atoms with Gasteiger partial charge in [-0.1, -0.05) is 12.2 Å². The molecule has 0 heterocycles. The van der Waals surface area contributed by atoms with Gasteiger partial charge in [-0.05, 0) is 6.07 Å². The number of ether oxygens (including phenoxy) is 2. The maximum atomic E-state index is 12.8. The Morgan fingerprint density at radius 1 is 1.24 bits per heavy atom. The predicted molar refractivity (Wildman–Crippen MR) is 62.6 cm³/mol. The summed E-state index contributed by atoms with van der Waals surface area (Å²) < 4.78 is 35.6. The van der Waals surface area contributed by atoms with Crippen molar-refractivity contribution in [2.45, 2.75) is 6.43 Å². The minimum Gasteiger partial charge on any atom is -0.496 e. The van der Waals surface area contributed by atoms with Gasteiger partial charge in [0.15, 0.2) is 0 Å². The molecule has 0 saturated heterocycles. The number of halogens is 2. The molecule has 0 aliphatic heterocycles. The molecule has 3 nitrogen and oxygen atoms in total. The first-order valence-corrected chi connectivity index (χ1v) is 5.04. The summed E-state index contributed by atoms with van der Waals surface area (Å²) in [6.45, 7) is 0.333. The third kappa shape index (κ3) is 3.17. The van der Waals surface area contributed by atoms with Crippen LogP contribution in [0.3, 0.4) is 0 Å². The van der Waals surface area contributed by atoms with E-state index in [2.05, 4.69) is 0 Å². The zero-order chi connectivity index (χ0) is 12.8. The van der Waals surface area contributed by atoms with Gasteiger partial charge in [-0.15, -0.1) is 0 Å². The Kier molecular flexibility index (Phi) is 4.90. The summed E-state index contributed by atoms with van der Waals surface area (Å²) in [7, 11) is 2.81. The summed E-state index contributed by atoms with van der Waals surface area (Å²) in [5.74, 6) is 0.581. The topological polar surface area (TPSA) is 44.5 Å². The van der Waals surface area contributed by atoms with Gasteiger partial charge in [-0.25, -0.2) is 8.78 Å². The largest absolute Gasteiger partial charge is 0.496 e. The summed E-state index contributed by atoms with van der Waals surface area (Å²) in [6, 6.07) is 2.78. The van der Waals surface area contributed by atoms with Crippen molar-refractivity contribution in [3.63, 3.8) is 0 Å². The van der Waals surface area contributed by atoms with Crippen molar-refractivity contribution < 1.29 is 18.3 Å². The van der Waals surface area contributed by atoms with E-state index in [0.29, 0.717) is 17.9 Å². The van der Waals surface area contributed by atoms with E-state index >= 15 is 0 Å². The molecule has 2 N–H and O–H groups in total. The van der Waals surface area contributed by atoms with Crippen LogP contribution >= 0.6 is 0 Å². The van der Waals surface area contributed by atoms with Crippen molar-refractivity contribution in [3.8, 4) is 11.5 Å². The quantitative estimate of drug-likeness (QED) is 0.864. The molecule has 0 atom stereocenters. The van der Waals surface area contributed by atoms with Crippen LogP contribution in [0.2, 0.25) is 0 Å². The van der Waals surface area contributed by atoms with Crippen molar-refractivity contribution >= 4 is 6.08 Å². The molecule has 0 aromatic heterocycles. The molecule has 0 unspecified atom stereocenters. The van der Waals surface area contributed by atoms with Crippen LogP contribution in [-0.4, -0.2) is 20.8 Å². The minimum absolute atomic E-state index is 0.113. The second-order valence-electron chi connectivity index (χ2n) is 3.27. The molecule has 0 spiro atoms. The third-order valence-corrected chi connectivity index (χ3v) is 2.25. The Balaban J connectivity index is 3.28. The first-order valence-electron chi connectivity index (χ1n) is 5.04.